The summed E-state index contributed by atoms with van der Waals surface area (Å²) >= 11 is 9.48. The van der Waals surface area contributed by atoms with E-state index in [-0.39, 0.29) is 5.91 Å². The number of carbonyl (C=O) groups excluding carboxylic acids is 1. The lowest BCUT2D eigenvalue weighted by molar-refractivity contribution is 0.0597. The van der Waals surface area contributed by atoms with Crippen molar-refractivity contribution in [3.05, 3.63) is 29.0 Å². The number of pyridine rings is 1. The molecule has 3 rings (SSSR count). The third kappa shape index (κ3) is 2.16. The zero-order valence-corrected chi connectivity index (χ0v) is 12.2. The first-order valence-corrected chi connectivity index (χ1v) is 7.53. The average molecular weight is 330 g/mol. The molecule has 3 heterocycles. The molecule has 2 saturated heterocycles. The van der Waals surface area contributed by atoms with Gasteiger partial charge < -0.3 is 4.90 Å². The van der Waals surface area contributed by atoms with E-state index in [2.05, 4.69) is 20.9 Å². The van der Waals surface area contributed by atoms with Crippen LogP contribution < -0.4 is 0 Å². The van der Waals surface area contributed by atoms with Gasteiger partial charge >= 0.3 is 0 Å². The molecule has 0 aromatic carbocycles. The Hall–Kier alpha value is -0.610. The van der Waals surface area contributed by atoms with Crippen LogP contribution in [0.5, 0.6) is 0 Å². The van der Waals surface area contributed by atoms with Crippen LogP contribution in [0.2, 0.25) is 5.02 Å². The van der Waals surface area contributed by atoms with Gasteiger partial charge in [-0.25, -0.2) is 4.98 Å². The first-order chi connectivity index (χ1) is 8.65. The molecule has 2 atom stereocenters. The highest BCUT2D eigenvalue weighted by molar-refractivity contribution is 9.09. The summed E-state index contributed by atoms with van der Waals surface area (Å²) in [6.07, 6.45) is 5.87. The number of hydrogen-bond acceptors (Lipinski definition) is 2. The van der Waals surface area contributed by atoms with Crippen molar-refractivity contribution in [3.8, 4) is 0 Å². The van der Waals surface area contributed by atoms with Crippen LogP contribution in [-0.2, 0) is 0 Å². The van der Waals surface area contributed by atoms with E-state index in [0.29, 0.717) is 27.6 Å². The molecule has 0 spiro atoms. The van der Waals surface area contributed by atoms with E-state index in [4.69, 9.17) is 11.6 Å². The molecule has 1 aromatic rings. The highest BCUT2D eigenvalue weighted by Gasteiger charge is 2.42. The molecule has 2 unspecified atom stereocenters. The largest absolute Gasteiger partial charge is 0.331 e. The van der Waals surface area contributed by atoms with E-state index in [9.17, 15) is 4.79 Å². The van der Waals surface area contributed by atoms with E-state index in [1.165, 1.54) is 6.20 Å². The van der Waals surface area contributed by atoms with Gasteiger partial charge in [-0.2, -0.15) is 0 Å². The van der Waals surface area contributed by atoms with Gasteiger partial charge in [0, 0.05) is 23.1 Å². The fraction of sp³-hybridized carbons (Fsp3) is 0.538. The molecule has 2 aliphatic heterocycles. The second kappa shape index (κ2) is 4.82. The SMILES string of the molecule is O=C(c1ccc(Cl)cn1)N1C2CCC1CC(Br)C2. The molecule has 1 amide bonds. The maximum atomic E-state index is 12.5. The summed E-state index contributed by atoms with van der Waals surface area (Å²) in [5.41, 5.74) is 0.504. The molecule has 96 valence electrons. The maximum absolute atomic E-state index is 12.5. The third-order valence-electron chi connectivity index (χ3n) is 3.86. The average Bonchev–Trinajstić information content (AvgIpc) is 2.62. The molecular weight excluding hydrogens is 316 g/mol. The smallest absolute Gasteiger partial charge is 0.272 e. The minimum absolute atomic E-state index is 0.0542. The Bertz CT molecular complexity index is 451. The van der Waals surface area contributed by atoms with Crippen molar-refractivity contribution in [2.24, 2.45) is 0 Å². The number of fused-ring (bicyclic) bond motifs is 2. The van der Waals surface area contributed by atoms with Gasteiger partial charge in [-0.3, -0.25) is 4.79 Å². The second-order valence-electron chi connectivity index (χ2n) is 5.03. The van der Waals surface area contributed by atoms with Gasteiger partial charge in [0.15, 0.2) is 0 Å². The molecule has 5 heteroatoms. The summed E-state index contributed by atoms with van der Waals surface area (Å²) < 4.78 is 0. The number of nitrogens with zero attached hydrogens (tertiary/aromatic N) is 2. The summed E-state index contributed by atoms with van der Waals surface area (Å²) in [4.78, 5) is 19.2. The van der Waals surface area contributed by atoms with Gasteiger partial charge in [0.2, 0.25) is 0 Å². The van der Waals surface area contributed by atoms with Gasteiger partial charge in [-0.05, 0) is 37.8 Å². The molecule has 0 N–H and O–H groups in total. The zero-order valence-electron chi connectivity index (χ0n) is 9.85. The molecular formula is C13H14BrClN2O. The normalized spacial score (nSPS) is 30.6. The second-order valence-corrected chi connectivity index (χ2v) is 6.76. The van der Waals surface area contributed by atoms with Crippen molar-refractivity contribution >= 4 is 33.4 Å². The Morgan fingerprint density at radius 2 is 2.00 bits per heavy atom. The van der Waals surface area contributed by atoms with Crippen LogP contribution in [0.3, 0.4) is 0 Å². The van der Waals surface area contributed by atoms with Crippen molar-refractivity contribution in [1.29, 1.82) is 0 Å². The van der Waals surface area contributed by atoms with E-state index < -0.39 is 0 Å². The minimum atomic E-state index is 0.0542. The summed E-state index contributed by atoms with van der Waals surface area (Å²) in [6, 6.07) is 4.18. The number of amides is 1. The van der Waals surface area contributed by atoms with E-state index >= 15 is 0 Å². The van der Waals surface area contributed by atoms with Crippen LogP contribution in [0.1, 0.15) is 36.2 Å². The number of halogens is 2. The van der Waals surface area contributed by atoms with Crippen molar-refractivity contribution in [2.75, 3.05) is 0 Å². The lowest BCUT2D eigenvalue weighted by atomic mass is 10.0. The van der Waals surface area contributed by atoms with Crippen LogP contribution in [0.4, 0.5) is 0 Å². The number of piperidine rings is 1. The topological polar surface area (TPSA) is 33.2 Å². The summed E-state index contributed by atoms with van der Waals surface area (Å²) in [7, 11) is 0. The van der Waals surface area contributed by atoms with Crippen LogP contribution in [0.15, 0.2) is 18.3 Å². The molecule has 1 aromatic heterocycles. The molecule has 0 radical (unpaired) electrons. The first-order valence-electron chi connectivity index (χ1n) is 6.23. The Balaban J connectivity index is 1.83. The quantitative estimate of drug-likeness (QED) is 0.741. The Labute approximate surface area is 120 Å². The van der Waals surface area contributed by atoms with Crippen LogP contribution in [0.25, 0.3) is 0 Å². The summed E-state index contributed by atoms with van der Waals surface area (Å²) in [5, 5.41) is 0.564. The van der Waals surface area contributed by atoms with Crippen molar-refractivity contribution in [2.45, 2.75) is 42.6 Å². The zero-order chi connectivity index (χ0) is 12.7. The molecule has 2 aliphatic rings. The minimum Gasteiger partial charge on any atom is -0.331 e. The molecule has 2 bridgehead atoms. The van der Waals surface area contributed by atoms with E-state index in [0.717, 1.165) is 25.7 Å². The highest BCUT2D eigenvalue weighted by atomic mass is 79.9. The van der Waals surface area contributed by atoms with Crippen LogP contribution >= 0.6 is 27.5 Å². The third-order valence-corrected chi connectivity index (χ3v) is 4.83. The number of hydrogen-bond donors (Lipinski definition) is 0. The Morgan fingerprint density at radius 3 is 2.56 bits per heavy atom. The fourth-order valence-electron chi connectivity index (χ4n) is 3.08. The number of aromatic nitrogens is 1. The van der Waals surface area contributed by atoms with Crippen LogP contribution in [-0.4, -0.2) is 32.7 Å². The fourth-order valence-corrected chi connectivity index (χ4v) is 4.05. The lowest BCUT2D eigenvalue weighted by Crippen LogP contribution is -2.47. The Kier molecular flexibility index (Phi) is 3.32. The van der Waals surface area contributed by atoms with Crippen molar-refractivity contribution in [1.82, 2.24) is 9.88 Å². The van der Waals surface area contributed by atoms with Gasteiger partial charge in [0.1, 0.15) is 5.69 Å². The van der Waals surface area contributed by atoms with Gasteiger partial charge in [-0.1, -0.05) is 27.5 Å². The number of carbonyl (C=O) groups is 1. The van der Waals surface area contributed by atoms with Gasteiger partial charge in [-0.15, -0.1) is 0 Å². The lowest BCUT2D eigenvalue weighted by Gasteiger charge is -2.37. The maximum Gasteiger partial charge on any atom is 0.272 e. The first kappa shape index (κ1) is 12.4. The Morgan fingerprint density at radius 1 is 1.33 bits per heavy atom. The molecule has 0 aliphatic carbocycles. The predicted octanol–water partition coefficient (Wildman–Crippen LogP) is 3.27. The monoisotopic (exact) mass is 328 g/mol. The molecule has 18 heavy (non-hydrogen) atoms. The number of rotatable bonds is 1. The summed E-state index contributed by atoms with van der Waals surface area (Å²) in [6.45, 7) is 0. The van der Waals surface area contributed by atoms with Gasteiger partial charge in [0.05, 0.1) is 5.02 Å². The predicted molar refractivity (Wildman–Crippen MR) is 74.2 cm³/mol. The van der Waals surface area contributed by atoms with Crippen molar-refractivity contribution in [3.63, 3.8) is 0 Å². The van der Waals surface area contributed by atoms with E-state index in [1.807, 2.05) is 4.90 Å². The summed E-state index contributed by atoms with van der Waals surface area (Å²) in [5.74, 6) is 0.0542. The highest BCUT2D eigenvalue weighted by Crippen LogP contribution is 2.39. The number of alkyl halides is 1. The van der Waals surface area contributed by atoms with E-state index in [1.54, 1.807) is 12.1 Å². The van der Waals surface area contributed by atoms with Crippen LogP contribution in [0, 0.1) is 0 Å². The van der Waals surface area contributed by atoms with Gasteiger partial charge in [0.25, 0.3) is 5.91 Å². The molecule has 3 nitrogen and oxygen atoms in total. The molecule has 0 saturated carbocycles. The van der Waals surface area contributed by atoms with Crippen molar-refractivity contribution < 1.29 is 4.79 Å². The molecule has 2 fully saturated rings. The standard InChI is InChI=1S/C13H14BrClN2O/c14-8-5-10-2-3-11(6-8)17(10)13(18)12-4-1-9(15)7-16-12/h1,4,7-8,10-11H,2-3,5-6H2.